The number of aromatic nitrogens is 2. The summed E-state index contributed by atoms with van der Waals surface area (Å²) in [6.07, 6.45) is 5.75. The van der Waals surface area contributed by atoms with E-state index in [1.165, 1.54) is 24.1 Å². The minimum atomic E-state index is -0.115. The Morgan fingerprint density at radius 2 is 2.11 bits per heavy atom. The number of carbonyl (C=O) groups is 1. The summed E-state index contributed by atoms with van der Waals surface area (Å²) in [7, 11) is 0. The van der Waals surface area contributed by atoms with Crippen molar-refractivity contribution in [1.82, 2.24) is 10.1 Å². The SMILES string of the molecule is Cc1cc(CSc2ccccc2C(=O)Nc2nc3c(s2)CCCCC3)on1. The quantitative estimate of drug-likeness (QED) is 0.469. The first-order valence-corrected chi connectivity index (χ1v) is 10.9. The monoisotopic (exact) mass is 399 g/mol. The third-order valence-corrected chi connectivity index (χ3v) is 6.66. The Morgan fingerprint density at radius 1 is 1.26 bits per heavy atom. The Morgan fingerprint density at radius 3 is 2.96 bits per heavy atom. The molecule has 0 atom stereocenters. The number of carbonyl (C=O) groups excluding carboxylic acids is 1. The highest BCUT2D eigenvalue weighted by molar-refractivity contribution is 7.98. The highest BCUT2D eigenvalue weighted by Crippen LogP contribution is 2.31. The molecule has 0 saturated carbocycles. The van der Waals surface area contributed by atoms with Gasteiger partial charge in [0.2, 0.25) is 0 Å². The van der Waals surface area contributed by atoms with Crippen LogP contribution in [-0.2, 0) is 18.6 Å². The number of thioether (sulfide) groups is 1. The Labute approximate surface area is 166 Å². The molecule has 5 nitrogen and oxygen atoms in total. The van der Waals surface area contributed by atoms with E-state index in [1.807, 2.05) is 37.3 Å². The second-order valence-electron chi connectivity index (χ2n) is 6.62. The summed E-state index contributed by atoms with van der Waals surface area (Å²) in [5.41, 5.74) is 2.68. The second kappa shape index (κ2) is 8.27. The number of hydrogen-bond acceptors (Lipinski definition) is 6. The average Bonchev–Trinajstić information content (AvgIpc) is 3.19. The third-order valence-electron chi connectivity index (χ3n) is 4.49. The van der Waals surface area contributed by atoms with Crippen molar-refractivity contribution in [1.29, 1.82) is 0 Å². The van der Waals surface area contributed by atoms with Crippen molar-refractivity contribution in [3.8, 4) is 0 Å². The minimum Gasteiger partial charge on any atom is -0.360 e. The highest BCUT2D eigenvalue weighted by atomic mass is 32.2. The molecule has 7 heteroatoms. The molecule has 2 heterocycles. The fourth-order valence-corrected chi connectivity index (χ4v) is 5.13. The Bertz CT molecular complexity index is 925. The van der Waals surface area contributed by atoms with E-state index in [2.05, 4.69) is 15.5 Å². The number of aryl methyl sites for hydroxylation is 3. The van der Waals surface area contributed by atoms with Crippen LogP contribution in [0.15, 0.2) is 39.8 Å². The molecule has 0 bridgehead atoms. The van der Waals surface area contributed by atoms with Crippen LogP contribution in [0.25, 0.3) is 0 Å². The molecule has 140 valence electrons. The smallest absolute Gasteiger partial charge is 0.258 e. The van der Waals surface area contributed by atoms with Gasteiger partial charge in [0.25, 0.3) is 5.91 Å². The lowest BCUT2D eigenvalue weighted by molar-refractivity contribution is 0.102. The van der Waals surface area contributed by atoms with Gasteiger partial charge in [0, 0.05) is 15.8 Å². The lowest BCUT2D eigenvalue weighted by Crippen LogP contribution is -2.12. The van der Waals surface area contributed by atoms with E-state index in [1.54, 1.807) is 23.1 Å². The van der Waals surface area contributed by atoms with Crippen LogP contribution in [0.4, 0.5) is 5.13 Å². The van der Waals surface area contributed by atoms with Crippen LogP contribution in [0.5, 0.6) is 0 Å². The van der Waals surface area contributed by atoms with E-state index in [0.717, 1.165) is 34.9 Å². The molecule has 4 rings (SSSR count). The molecule has 0 spiro atoms. The number of nitrogens with one attached hydrogen (secondary N) is 1. The predicted octanol–water partition coefficient (Wildman–Crippen LogP) is 5.25. The fourth-order valence-electron chi connectivity index (χ4n) is 3.16. The standard InChI is InChI=1S/C20H21N3O2S2/c1-13-11-14(25-23-13)12-26-17-9-6-5-7-15(17)19(24)22-20-21-16-8-3-2-4-10-18(16)27-20/h5-7,9,11H,2-4,8,10,12H2,1H3,(H,21,22,24). The zero-order valence-corrected chi connectivity index (χ0v) is 16.8. The largest absolute Gasteiger partial charge is 0.360 e. The summed E-state index contributed by atoms with van der Waals surface area (Å²) in [5.74, 6) is 1.32. The van der Waals surface area contributed by atoms with Gasteiger partial charge in [0.15, 0.2) is 5.13 Å². The molecule has 1 amide bonds. The van der Waals surface area contributed by atoms with Crippen molar-refractivity contribution in [3.63, 3.8) is 0 Å². The number of anilines is 1. The summed E-state index contributed by atoms with van der Waals surface area (Å²) >= 11 is 3.19. The first-order valence-electron chi connectivity index (χ1n) is 9.13. The molecule has 0 fully saturated rings. The molecule has 3 aromatic rings. The van der Waals surface area contributed by atoms with Gasteiger partial charge in [-0.15, -0.1) is 23.1 Å². The van der Waals surface area contributed by atoms with Crippen LogP contribution in [0.1, 0.15) is 51.6 Å². The maximum Gasteiger partial charge on any atom is 0.258 e. The van der Waals surface area contributed by atoms with Crippen LogP contribution < -0.4 is 5.32 Å². The van der Waals surface area contributed by atoms with Crippen LogP contribution >= 0.6 is 23.1 Å². The van der Waals surface area contributed by atoms with Crippen molar-refractivity contribution in [2.45, 2.75) is 49.7 Å². The fraction of sp³-hybridized carbons (Fsp3) is 0.350. The molecule has 1 N–H and O–H groups in total. The van der Waals surface area contributed by atoms with E-state index >= 15 is 0 Å². The molecule has 0 unspecified atom stereocenters. The number of rotatable bonds is 5. The van der Waals surface area contributed by atoms with Crippen LogP contribution in [0.2, 0.25) is 0 Å². The summed E-state index contributed by atoms with van der Waals surface area (Å²) in [6.45, 7) is 1.90. The lowest BCUT2D eigenvalue weighted by Gasteiger charge is -2.07. The molecular weight excluding hydrogens is 378 g/mol. The first-order chi connectivity index (χ1) is 13.2. The van der Waals surface area contributed by atoms with E-state index in [9.17, 15) is 4.79 Å². The average molecular weight is 400 g/mol. The molecule has 1 aliphatic carbocycles. The molecule has 0 radical (unpaired) electrons. The molecule has 27 heavy (non-hydrogen) atoms. The van der Waals surface area contributed by atoms with Gasteiger partial charge in [-0.3, -0.25) is 10.1 Å². The normalized spacial score (nSPS) is 13.8. The van der Waals surface area contributed by atoms with Gasteiger partial charge < -0.3 is 4.52 Å². The van der Waals surface area contributed by atoms with Gasteiger partial charge >= 0.3 is 0 Å². The Hall–Kier alpha value is -2.12. The maximum atomic E-state index is 12.8. The van der Waals surface area contributed by atoms with Crippen LogP contribution in [0.3, 0.4) is 0 Å². The Kier molecular flexibility index (Phi) is 5.59. The molecule has 1 aliphatic rings. The second-order valence-corrected chi connectivity index (χ2v) is 8.72. The van der Waals surface area contributed by atoms with Gasteiger partial charge in [-0.25, -0.2) is 4.98 Å². The van der Waals surface area contributed by atoms with E-state index in [-0.39, 0.29) is 5.91 Å². The van der Waals surface area contributed by atoms with Gasteiger partial charge in [-0.05, 0) is 44.7 Å². The first kappa shape index (κ1) is 18.3. The summed E-state index contributed by atoms with van der Waals surface area (Å²) in [4.78, 5) is 19.7. The molecule has 0 aliphatic heterocycles. The van der Waals surface area contributed by atoms with Gasteiger partial charge in [-0.1, -0.05) is 23.7 Å². The number of nitrogens with zero attached hydrogens (tertiary/aromatic N) is 2. The maximum absolute atomic E-state index is 12.8. The van der Waals surface area contributed by atoms with Crippen molar-refractivity contribution >= 4 is 34.1 Å². The number of amides is 1. The number of fused-ring (bicyclic) bond motifs is 1. The van der Waals surface area contributed by atoms with Crippen molar-refractivity contribution in [3.05, 3.63) is 57.9 Å². The lowest BCUT2D eigenvalue weighted by atomic mass is 10.2. The predicted molar refractivity (Wildman–Crippen MR) is 109 cm³/mol. The zero-order chi connectivity index (χ0) is 18.6. The van der Waals surface area contributed by atoms with E-state index in [4.69, 9.17) is 4.52 Å². The molecule has 0 saturated heterocycles. The van der Waals surface area contributed by atoms with Crippen molar-refractivity contribution in [2.75, 3.05) is 5.32 Å². The summed E-state index contributed by atoms with van der Waals surface area (Å²) in [6, 6.07) is 9.55. The van der Waals surface area contributed by atoms with Crippen LogP contribution in [-0.4, -0.2) is 16.0 Å². The zero-order valence-electron chi connectivity index (χ0n) is 15.2. The third kappa shape index (κ3) is 4.42. The number of benzene rings is 1. The minimum absolute atomic E-state index is 0.115. The number of thiazole rings is 1. The topological polar surface area (TPSA) is 68.0 Å². The highest BCUT2D eigenvalue weighted by Gasteiger charge is 2.18. The molecular formula is C20H21N3O2S2. The Balaban J connectivity index is 1.47. The van der Waals surface area contributed by atoms with Crippen LogP contribution in [0, 0.1) is 6.92 Å². The molecule has 1 aromatic carbocycles. The van der Waals surface area contributed by atoms with Gasteiger partial charge in [-0.2, -0.15) is 0 Å². The number of hydrogen-bond donors (Lipinski definition) is 1. The molecule has 2 aromatic heterocycles. The summed E-state index contributed by atoms with van der Waals surface area (Å²) < 4.78 is 5.26. The summed E-state index contributed by atoms with van der Waals surface area (Å²) in [5, 5.41) is 7.61. The van der Waals surface area contributed by atoms with Gasteiger partial charge in [0.05, 0.1) is 22.7 Å². The van der Waals surface area contributed by atoms with Crippen molar-refractivity contribution in [2.24, 2.45) is 0 Å². The van der Waals surface area contributed by atoms with E-state index in [0.29, 0.717) is 16.4 Å². The van der Waals surface area contributed by atoms with E-state index < -0.39 is 0 Å². The van der Waals surface area contributed by atoms with Crippen molar-refractivity contribution < 1.29 is 9.32 Å². The van der Waals surface area contributed by atoms with Gasteiger partial charge in [0.1, 0.15) is 5.76 Å².